The Morgan fingerprint density at radius 1 is 1.00 bits per heavy atom. The zero-order valence-corrected chi connectivity index (χ0v) is 11.7. The molecular formula is C18H13N3O. The highest BCUT2D eigenvalue weighted by molar-refractivity contribution is 6.05. The van der Waals surface area contributed by atoms with Crippen LogP contribution in [0.4, 0.5) is 5.69 Å². The van der Waals surface area contributed by atoms with E-state index in [4.69, 9.17) is 0 Å². The maximum Gasteiger partial charge on any atom is 0.255 e. The molecule has 22 heavy (non-hydrogen) atoms. The molecule has 0 saturated carbocycles. The molecule has 4 aromatic rings. The fourth-order valence-corrected chi connectivity index (χ4v) is 2.53. The highest BCUT2D eigenvalue weighted by Gasteiger charge is 2.07. The van der Waals surface area contributed by atoms with Gasteiger partial charge in [-0.3, -0.25) is 4.79 Å². The Labute approximate surface area is 127 Å². The highest BCUT2D eigenvalue weighted by atomic mass is 16.1. The number of fused-ring (bicyclic) bond motifs is 2. The summed E-state index contributed by atoms with van der Waals surface area (Å²) in [7, 11) is 0. The second-order valence-electron chi connectivity index (χ2n) is 5.16. The van der Waals surface area contributed by atoms with Gasteiger partial charge in [0.1, 0.15) is 0 Å². The monoisotopic (exact) mass is 287 g/mol. The molecule has 0 spiro atoms. The van der Waals surface area contributed by atoms with Crippen molar-refractivity contribution in [2.75, 3.05) is 5.32 Å². The van der Waals surface area contributed by atoms with Crippen molar-refractivity contribution in [1.82, 2.24) is 9.38 Å². The Kier molecular flexibility index (Phi) is 2.86. The molecule has 4 heteroatoms. The molecule has 0 aliphatic rings. The smallest absolute Gasteiger partial charge is 0.255 e. The number of pyridine rings is 1. The van der Waals surface area contributed by atoms with Gasteiger partial charge in [0.05, 0.1) is 18.0 Å². The Hall–Kier alpha value is -3.14. The number of carbonyl (C=O) groups is 1. The van der Waals surface area contributed by atoms with E-state index in [-0.39, 0.29) is 5.91 Å². The van der Waals surface area contributed by atoms with Crippen LogP contribution in [0.3, 0.4) is 0 Å². The number of nitrogens with zero attached hydrogens (tertiary/aromatic N) is 2. The van der Waals surface area contributed by atoms with Crippen LogP contribution in [0.25, 0.3) is 16.3 Å². The molecule has 0 bridgehead atoms. The first-order valence-electron chi connectivity index (χ1n) is 7.01. The van der Waals surface area contributed by atoms with Crippen LogP contribution < -0.4 is 5.32 Å². The van der Waals surface area contributed by atoms with Crippen LogP contribution in [0, 0.1) is 0 Å². The third-order valence-electron chi connectivity index (χ3n) is 3.68. The van der Waals surface area contributed by atoms with Crippen LogP contribution in [0.5, 0.6) is 0 Å². The van der Waals surface area contributed by atoms with Gasteiger partial charge in [0.25, 0.3) is 5.91 Å². The Morgan fingerprint density at radius 3 is 2.77 bits per heavy atom. The van der Waals surface area contributed by atoms with Gasteiger partial charge in [-0.05, 0) is 35.0 Å². The van der Waals surface area contributed by atoms with Gasteiger partial charge >= 0.3 is 0 Å². The molecule has 2 heterocycles. The van der Waals surface area contributed by atoms with Crippen molar-refractivity contribution in [2.45, 2.75) is 0 Å². The number of benzene rings is 2. The van der Waals surface area contributed by atoms with E-state index < -0.39 is 0 Å². The fraction of sp³-hybridized carbons (Fsp3) is 0. The summed E-state index contributed by atoms with van der Waals surface area (Å²) in [5, 5.41) is 5.20. The van der Waals surface area contributed by atoms with Crippen molar-refractivity contribution in [3.05, 3.63) is 78.9 Å². The minimum atomic E-state index is -0.126. The molecule has 4 nitrogen and oxygen atoms in total. The Balaban J connectivity index is 1.64. The molecule has 0 radical (unpaired) electrons. The number of hydrogen-bond donors (Lipinski definition) is 1. The molecule has 1 N–H and O–H groups in total. The second kappa shape index (κ2) is 5.00. The average molecular weight is 287 g/mol. The molecular weight excluding hydrogens is 274 g/mol. The molecule has 106 valence electrons. The van der Waals surface area contributed by atoms with Gasteiger partial charge in [-0.15, -0.1) is 0 Å². The van der Waals surface area contributed by atoms with Crippen LogP contribution in [0.15, 0.2) is 73.3 Å². The lowest BCUT2D eigenvalue weighted by Crippen LogP contribution is -2.12. The fourth-order valence-electron chi connectivity index (χ4n) is 2.53. The minimum absolute atomic E-state index is 0.126. The number of imidazole rings is 1. The first kappa shape index (κ1) is 12.6. The molecule has 1 amide bonds. The summed E-state index contributed by atoms with van der Waals surface area (Å²) in [4.78, 5) is 16.4. The van der Waals surface area contributed by atoms with E-state index in [1.54, 1.807) is 18.6 Å². The third-order valence-corrected chi connectivity index (χ3v) is 3.68. The molecule has 0 atom stereocenters. The molecule has 2 aromatic carbocycles. The summed E-state index contributed by atoms with van der Waals surface area (Å²) in [6, 6.07) is 17.6. The Bertz CT molecular complexity index is 988. The molecule has 0 unspecified atom stereocenters. The van der Waals surface area contributed by atoms with Gasteiger partial charge in [0.2, 0.25) is 0 Å². The van der Waals surface area contributed by atoms with Crippen LogP contribution in [0.1, 0.15) is 10.4 Å². The van der Waals surface area contributed by atoms with Gasteiger partial charge < -0.3 is 9.72 Å². The lowest BCUT2D eigenvalue weighted by atomic mass is 10.1. The molecule has 0 fully saturated rings. The first-order chi connectivity index (χ1) is 10.8. The largest absolute Gasteiger partial charge is 0.322 e. The number of carbonyl (C=O) groups excluding carboxylic acids is 1. The molecule has 4 rings (SSSR count). The lowest BCUT2D eigenvalue weighted by Gasteiger charge is -2.07. The summed E-state index contributed by atoms with van der Waals surface area (Å²) < 4.78 is 1.87. The average Bonchev–Trinajstić information content (AvgIpc) is 3.02. The summed E-state index contributed by atoms with van der Waals surface area (Å²) in [6.45, 7) is 0. The van der Waals surface area contributed by atoms with E-state index in [1.807, 2.05) is 53.1 Å². The van der Waals surface area contributed by atoms with E-state index >= 15 is 0 Å². The molecule has 0 aliphatic heterocycles. The normalized spacial score (nSPS) is 10.9. The maximum absolute atomic E-state index is 12.4. The first-order valence-corrected chi connectivity index (χ1v) is 7.01. The molecule has 2 aromatic heterocycles. The summed E-state index contributed by atoms with van der Waals surface area (Å²) in [5.41, 5.74) is 2.30. The summed E-state index contributed by atoms with van der Waals surface area (Å²) >= 11 is 0. The van der Waals surface area contributed by atoms with Crippen molar-refractivity contribution >= 4 is 27.9 Å². The van der Waals surface area contributed by atoms with E-state index in [9.17, 15) is 4.79 Å². The second-order valence-corrected chi connectivity index (χ2v) is 5.16. The lowest BCUT2D eigenvalue weighted by molar-refractivity contribution is 0.102. The summed E-state index contributed by atoms with van der Waals surface area (Å²) in [5.74, 6) is -0.126. The van der Waals surface area contributed by atoms with Crippen LogP contribution in [-0.2, 0) is 0 Å². The third kappa shape index (κ3) is 2.20. The van der Waals surface area contributed by atoms with Crippen molar-refractivity contribution in [3.63, 3.8) is 0 Å². The highest BCUT2D eigenvalue weighted by Crippen LogP contribution is 2.19. The van der Waals surface area contributed by atoms with Gasteiger partial charge in [0.15, 0.2) is 0 Å². The zero-order chi connectivity index (χ0) is 14.9. The number of amides is 1. The SMILES string of the molecule is O=C(Nc1ccc2ccccc2c1)c1ccn2cncc2c1. The van der Waals surface area contributed by atoms with E-state index in [0.29, 0.717) is 5.56 Å². The molecule has 0 aliphatic carbocycles. The maximum atomic E-state index is 12.4. The minimum Gasteiger partial charge on any atom is -0.322 e. The van der Waals surface area contributed by atoms with Gasteiger partial charge in [-0.1, -0.05) is 30.3 Å². The number of aromatic nitrogens is 2. The van der Waals surface area contributed by atoms with Crippen LogP contribution >= 0.6 is 0 Å². The number of nitrogens with one attached hydrogen (secondary N) is 1. The van der Waals surface area contributed by atoms with Crippen molar-refractivity contribution in [2.24, 2.45) is 0 Å². The predicted octanol–water partition coefficient (Wildman–Crippen LogP) is 3.74. The Morgan fingerprint density at radius 2 is 1.86 bits per heavy atom. The van der Waals surface area contributed by atoms with Gasteiger partial charge in [-0.2, -0.15) is 0 Å². The quantitative estimate of drug-likeness (QED) is 0.610. The number of hydrogen-bond acceptors (Lipinski definition) is 2. The zero-order valence-electron chi connectivity index (χ0n) is 11.7. The standard InChI is InChI=1S/C18H13N3O/c22-18(15-7-8-21-12-19-11-17(21)10-15)20-16-6-5-13-3-1-2-4-14(13)9-16/h1-12H,(H,20,22). The van der Waals surface area contributed by atoms with Crippen LogP contribution in [-0.4, -0.2) is 15.3 Å². The van der Waals surface area contributed by atoms with Crippen molar-refractivity contribution in [3.8, 4) is 0 Å². The van der Waals surface area contributed by atoms with Crippen molar-refractivity contribution < 1.29 is 4.79 Å². The van der Waals surface area contributed by atoms with Crippen LogP contribution in [0.2, 0.25) is 0 Å². The number of rotatable bonds is 2. The van der Waals surface area contributed by atoms with E-state index in [2.05, 4.69) is 16.4 Å². The van der Waals surface area contributed by atoms with Gasteiger partial charge in [-0.25, -0.2) is 4.98 Å². The predicted molar refractivity (Wildman–Crippen MR) is 87.1 cm³/mol. The topological polar surface area (TPSA) is 46.4 Å². The molecule has 0 saturated heterocycles. The van der Waals surface area contributed by atoms with E-state index in [1.165, 1.54) is 0 Å². The number of anilines is 1. The van der Waals surface area contributed by atoms with Crippen molar-refractivity contribution in [1.29, 1.82) is 0 Å². The summed E-state index contributed by atoms with van der Waals surface area (Å²) in [6.07, 6.45) is 5.27. The van der Waals surface area contributed by atoms with E-state index in [0.717, 1.165) is 22.0 Å². The van der Waals surface area contributed by atoms with Gasteiger partial charge in [0, 0.05) is 17.4 Å².